The molecule has 4 heteroatoms. The van der Waals surface area contributed by atoms with E-state index < -0.39 is 5.60 Å². The van der Waals surface area contributed by atoms with Gasteiger partial charge in [0, 0.05) is 12.3 Å². The Labute approximate surface area is 126 Å². The summed E-state index contributed by atoms with van der Waals surface area (Å²) in [5.74, 6) is 1.09. The van der Waals surface area contributed by atoms with Crippen molar-refractivity contribution in [3.05, 3.63) is 24.3 Å². The lowest BCUT2D eigenvalue weighted by Crippen LogP contribution is -2.45. The summed E-state index contributed by atoms with van der Waals surface area (Å²) in [6.45, 7) is 7.16. The number of ether oxygens (including phenoxy) is 2. The summed E-state index contributed by atoms with van der Waals surface area (Å²) in [5, 5.41) is 2.96. The summed E-state index contributed by atoms with van der Waals surface area (Å²) in [7, 11) is 0. The number of rotatable bonds is 8. The van der Waals surface area contributed by atoms with Crippen LogP contribution in [0.2, 0.25) is 0 Å². The lowest BCUT2D eigenvalue weighted by Gasteiger charge is -2.28. The molecule has 1 N–H and O–H groups in total. The van der Waals surface area contributed by atoms with Gasteiger partial charge in [0.2, 0.25) is 0 Å². The largest absolute Gasteiger partial charge is 0.494 e. The maximum absolute atomic E-state index is 12.6. The number of hydrogen-bond donors (Lipinski definition) is 1. The molecule has 0 saturated heterocycles. The molecule has 2 rings (SSSR count). The molecule has 0 unspecified atom stereocenters. The third-order valence-corrected chi connectivity index (χ3v) is 3.84. The van der Waals surface area contributed by atoms with Crippen LogP contribution in [0.5, 0.6) is 5.75 Å². The van der Waals surface area contributed by atoms with E-state index in [1.165, 1.54) is 0 Å². The molecule has 0 bridgehead atoms. The van der Waals surface area contributed by atoms with Crippen molar-refractivity contribution in [1.82, 2.24) is 0 Å². The lowest BCUT2D eigenvalue weighted by molar-refractivity contribution is -0.142. The van der Waals surface area contributed by atoms with Crippen LogP contribution < -0.4 is 10.1 Å². The van der Waals surface area contributed by atoms with Gasteiger partial charge in [-0.25, -0.2) is 0 Å². The van der Waals surface area contributed by atoms with E-state index in [1.54, 1.807) is 0 Å². The summed E-state index contributed by atoms with van der Waals surface area (Å²) in [6, 6.07) is 7.44. The number of carbonyl (C=O) groups is 1. The van der Waals surface area contributed by atoms with Gasteiger partial charge in [0.05, 0.1) is 6.61 Å². The number of anilines is 1. The maximum Gasteiger partial charge on any atom is 0.256 e. The van der Waals surface area contributed by atoms with Gasteiger partial charge in [0.1, 0.15) is 11.4 Å². The van der Waals surface area contributed by atoms with Crippen LogP contribution in [0.25, 0.3) is 0 Å². The summed E-state index contributed by atoms with van der Waals surface area (Å²) >= 11 is 0. The zero-order chi connectivity index (χ0) is 15.3. The van der Waals surface area contributed by atoms with Crippen molar-refractivity contribution in [3.63, 3.8) is 0 Å². The third-order valence-electron chi connectivity index (χ3n) is 3.84. The van der Waals surface area contributed by atoms with E-state index in [0.717, 1.165) is 30.7 Å². The Morgan fingerprint density at radius 3 is 2.48 bits per heavy atom. The van der Waals surface area contributed by atoms with Crippen LogP contribution in [0.1, 0.15) is 40.0 Å². The smallest absolute Gasteiger partial charge is 0.256 e. The molecule has 21 heavy (non-hydrogen) atoms. The quantitative estimate of drug-likeness (QED) is 0.795. The predicted molar refractivity (Wildman–Crippen MR) is 83.6 cm³/mol. The molecule has 0 spiro atoms. The SMILES string of the molecule is CCCO[C@@](C)(C(=O)Nc1ccc(OCC)cc1)C1CC1. The van der Waals surface area contributed by atoms with Crippen molar-refractivity contribution in [2.75, 3.05) is 18.5 Å². The molecule has 0 aliphatic heterocycles. The van der Waals surface area contributed by atoms with E-state index in [9.17, 15) is 4.79 Å². The number of nitrogens with one attached hydrogen (secondary N) is 1. The molecule has 0 aromatic heterocycles. The van der Waals surface area contributed by atoms with E-state index in [0.29, 0.717) is 19.1 Å². The minimum absolute atomic E-state index is 0.0531. The first-order valence-corrected chi connectivity index (χ1v) is 7.78. The molecule has 0 heterocycles. The van der Waals surface area contributed by atoms with Crippen molar-refractivity contribution in [2.45, 2.75) is 45.6 Å². The van der Waals surface area contributed by atoms with Crippen molar-refractivity contribution < 1.29 is 14.3 Å². The van der Waals surface area contributed by atoms with Gasteiger partial charge in [-0.2, -0.15) is 0 Å². The van der Waals surface area contributed by atoms with Gasteiger partial charge in [0.25, 0.3) is 5.91 Å². The number of benzene rings is 1. The van der Waals surface area contributed by atoms with Crippen LogP contribution >= 0.6 is 0 Å². The van der Waals surface area contributed by atoms with Crippen LogP contribution in [0.3, 0.4) is 0 Å². The second-order valence-electron chi connectivity index (χ2n) is 5.64. The van der Waals surface area contributed by atoms with Gasteiger partial charge in [0.15, 0.2) is 0 Å². The van der Waals surface area contributed by atoms with Crippen molar-refractivity contribution >= 4 is 11.6 Å². The Kier molecular flexibility index (Phi) is 5.23. The molecule has 1 aliphatic rings. The highest BCUT2D eigenvalue weighted by Gasteiger charge is 2.48. The average Bonchev–Trinajstić information content (AvgIpc) is 3.32. The highest BCUT2D eigenvalue weighted by atomic mass is 16.5. The highest BCUT2D eigenvalue weighted by molar-refractivity contribution is 5.97. The minimum atomic E-state index is -0.714. The topological polar surface area (TPSA) is 47.6 Å². The van der Waals surface area contributed by atoms with Crippen molar-refractivity contribution in [2.24, 2.45) is 5.92 Å². The van der Waals surface area contributed by atoms with E-state index in [4.69, 9.17) is 9.47 Å². The van der Waals surface area contributed by atoms with Crippen LogP contribution in [0, 0.1) is 5.92 Å². The van der Waals surface area contributed by atoms with Crippen LogP contribution in [-0.4, -0.2) is 24.7 Å². The fraction of sp³-hybridized carbons (Fsp3) is 0.588. The molecular weight excluding hydrogens is 266 g/mol. The maximum atomic E-state index is 12.6. The molecule has 1 aromatic carbocycles. The van der Waals surface area contributed by atoms with E-state index in [2.05, 4.69) is 12.2 Å². The fourth-order valence-corrected chi connectivity index (χ4v) is 2.37. The van der Waals surface area contributed by atoms with Gasteiger partial charge < -0.3 is 14.8 Å². The van der Waals surface area contributed by atoms with Crippen LogP contribution in [0.4, 0.5) is 5.69 Å². The van der Waals surface area contributed by atoms with Gasteiger partial charge >= 0.3 is 0 Å². The summed E-state index contributed by atoms with van der Waals surface area (Å²) in [4.78, 5) is 12.6. The van der Waals surface area contributed by atoms with Gasteiger partial charge in [-0.05, 0) is 63.3 Å². The first-order chi connectivity index (χ1) is 10.1. The minimum Gasteiger partial charge on any atom is -0.494 e. The van der Waals surface area contributed by atoms with E-state index in [-0.39, 0.29) is 5.91 Å². The Balaban J connectivity index is 2.01. The second kappa shape index (κ2) is 6.94. The first kappa shape index (κ1) is 15.8. The standard InChI is InChI=1S/C17H25NO3/c1-4-12-21-17(3,13-6-7-13)16(19)18-14-8-10-15(11-9-14)20-5-2/h8-11,13H,4-7,12H2,1-3H3,(H,18,19)/t17-/m1/s1. The van der Waals surface area contributed by atoms with Crippen molar-refractivity contribution in [1.29, 1.82) is 0 Å². The Morgan fingerprint density at radius 1 is 1.29 bits per heavy atom. The third kappa shape index (κ3) is 3.97. The molecule has 1 aliphatic carbocycles. The molecule has 1 fully saturated rings. The molecule has 116 valence electrons. The number of amides is 1. The lowest BCUT2D eigenvalue weighted by atomic mass is 9.98. The number of carbonyl (C=O) groups excluding carboxylic acids is 1. The molecule has 1 atom stereocenters. The molecule has 1 amide bonds. The molecule has 4 nitrogen and oxygen atoms in total. The molecule has 1 saturated carbocycles. The number of hydrogen-bond acceptors (Lipinski definition) is 3. The Hall–Kier alpha value is -1.55. The Morgan fingerprint density at radius 2 is 1.95 bits per heavy atom. The zero-order valence-electron chi connectivity index (χ0n) is 13.1. The zero-order valence-corrected chi connectivity index (χ0v) is 13.1. The van der Waals surface area contributed by atoms with Gasteiger partial charge in [-0.15, -0.1) is 0 Å². The Bertz CT molecular complexity index is 467. The van der Waals surface area contributed by atoms with E-state index >= 15 is 0 Å². The van der Waals surface area contributed by atoms with Crippen molar-refractivity contribution in [3.8, 4) is 5.75 Å². The summed E-state index contributed by atoms with van der Waals surface area (Å²) < 4.78 is 11.3. The van der Waals surface area contributed by atoms with Gasteiger partial charge in [-0.1, -0.05) is 6.92 Å². The highest BCUT2D eigenvalue weighted by Crippen LogP contribution is 2.42. The monoisotopic (exact) mass is 291 g/mol. The molecule has 0 radical (unpaired) electrons. The predicted octanol–water partition coefficient (Wildman–Crippen LogP) is 3.62. The first-order valence-electron chi connectivity index (χ1n) is 7.78. The van der Waals surface area contributed by atoms with Crippen LogP contribution in [-0.2, 0) is 9.53 Å². The average molecular weight is 291 g/mol. The summed E-state index contributed by atoms with van der Waals surface area (Å²) in [6.07, 6.45) is 3.05. The summed E-state index contributed by atoms with van der Waals surface area (Å²) in [5.41, 5.74) is 0.0599. The molecular formula is C17H25NO3. The molecule has 1 aromatic rings. The van der Waals surface area contributed by atoms with Crippen LogP contribution in [0.15, 0.2) is 24.3 Å². The fourth-order valence-electron chi connectivity index (χ4n) is 2.37. The second-order valence-corrected chi connectivity index (χ2v) is 5.64. The van der Waals surface area contributed by atoms with E-state index in [1.807, 2.05) is 38.1 Å². The van der Waals surface area contributed by atoms with Gasteiger partial charge in [-0.3, -0.25) is 4.79 Å². The normalized spacial score (nSPS) is 17.1.